The number of hydrogen-bond donors (Lipinski definition) is 1. The van der Waals surface area contributed by atoms with Crippen LogP contribution in [0.2, 0.25) is 0 Å². The summed E-state index contributed by atoms with van der Waals surface area (Å²) in [4.78, 5) is 4.06. The van der Waals surface area contributed by atoms with Gasteiger partial charge in [0.1, 0.15) is 0 Å². The fraction of sp³-hybridized carbons (Fsp3) is 0.444. The minimum absolute atomic E-state index is 0.792. The van der Waals surface area contributed by atoms with Crippen LogP contribution in [0.15, 0.2) is 12.1 Å². The Bertz CT molecular complexity index is 235. The Balaban J connectivity index is 2.24. The molecule has 0 unspecified atom stereocenters. The third-order valence-corrected chi connectivity index (χ3v) is 1.84. The molecule has 12 heavy (non-hydrogen) atoms. The van der Waals surface area contributed by atoms with Crippen LogP contribution in [0.1, 0.15) is 12.8 Å². The molecule has 1 radical (unpaired) electrons. The van der Waals surface area contributed by atoms with Crippen LogP contribution in [0.3, 0.4) is 0 Å². The highest BCUT2D eigenvalue weighted by atomic mass is 16.5. The molecule has 0 spiro atoms. The monoisotopic (exact) mass is 163 g/mol. The van der Waals surface area contributed by atoms with Crippen molar-refractivity contribution in [3.63, 3.8) is 0 Å². The molecule has 1 aliphatic rings. The van der Waals surface area contributed by atoms with Gasteiger partial charge in [-0.15, -0.1) is 0 Å². The highest BCUT2D eigenvalue weighted by Gasteiger charge is 2.06. The van der Waals surface area contributed by atoms with Crippen molar-refractivity contribution in [2.45, 2.75) is 12.8 Å². The molecule has 0 atom stereocenters. The highest BCUT2D eigenvalue weighted by molar-refractivity contribution is 5.49. The molecule has 0 aliphatic carbocycles. The van der Waals surface area contributed by atoms with Crippen molar-refractivity contribution in [1.29, 1.82) is 0 Å². The van der Waals surface area contributed by atoms with Crippen molar-refractivity contribution in [3.05, 3.63) is 18.3 Å². The fourth-order valence-corrected chi connectivity index (χ4v) is 1.21. The predicted octanol–water partition coefficient (Wildman–Crippen LogP) is 1.47. The van der Waals surface area contributed by atoms with Gasteiger partial charge in [0, 0.05) is 6.54 Å². The van der Waals surface area contributed by atoms with Crippen molar-refractivity contribution in [1.82, 2.24) is 4.98 Å². The molecule has 0 aromatic carbocycles. The average molecular weight is 163 g/mol. The van der Waals surface area contributed by atoms with Gasteiger partial charge < -0.3 is 10.1 Å². The molecule has 1 aromatic rings. The lowest BCUT2D eigenvalue weighted by atomic mass is 10.3. The van der Waals surface area contributed by atoms with Gasteiger partial charge in [-0.1, -0.05) is 0 Å². The first-order chi connectivity index (χ1) is 5.97. The Labute approximate surface area is 71.8 Å². The maximum absolute atomic E-state index is 5.48. The van der Waals surface area contributed by atoms with Gasteiger partial charge in [0.25, 0.3) is 0 Å². The first-order valence-electron chi connectivity index (χ1n) is 4.20. The third kappa shape index (κ3) is 1.49. The van der Waals surface area contributed by atoms with E-state index in [-0.39, 0.29) is 0 Å². The molecule has 0 saturated carbocycles. The minimum Gasteiger partial charge on any atom is -0.490 e. The highest BCUT2D eigenvalue weighted by Crippen LogP contribution is 2.22. The van der Waals surface area contributed by atoms with Crippen molar-refractivity contribution < 1.29 is 4.74 Å². The maximum Gasteiger partial charge on any atom is 0.169 e. The number of fused-ring (bicyclic) bond motifs is 1. The predicted molar refractivity (Wildman–Crippen MR) is 46.3 cm³/mol. The summed E-state index contributed by atoms with van der Waals surface area (Å²) in [6, 6.07) is 3.66. The van der Waals surface area contributed by atoms with Gasteiger partial charge in [0.05, 0.1) is 12.8 Å². The smallest absolute Gasteiger partial charge is 0.169 e. The van der Waals surface area contributed by atoms with Crippen LogP contribution >= 0.6 is 0 Å². The third-order valence-electron chi connectivity index (χ3n) is 1.84. The van der Waals surface area contributed by atoms with Gasteiger partial charge in [0.15, 0.2) is 11.6 Å². The number of ether oxygens (including phenoxy) is 1. The molecule has 0 bridgehead atoms. The first kappa shape index (κ1) is 7.40. The van der Waals surface area contributed by atoms with E-state index >= 15 is 0 Å². The zero-order valence-electron chi connectivity index (χ0n) is 6.84. The van der Waals surface area contributed by atoms with Crippen LogP contribution in [-0.2, 0) is 0 Å². The number of aromatic nitrogens is 1. The van der Waals surface area contributed by atoms with Gasteiger partial charge in [-0.25, -0.2) is 4.98 Å². The topological polar surface area (TPSA) is 34.2 Å². The number of rotatable bonds is 0. The van der Waals surface area contributed by atoms with E-state index in [0.29, 0.717) is 0 Å². The summed E-state index contributed by atoms with van der Waals surface area (Å²) in [7, 11) is 0. The number of anilines is 1. The van der Waals surface area contributed by atoms with E-state index in [4.69, 9.17) is 4.74 Å². The first-order valence-corrected chi connectivity index (χ1v) is 4.20. The molecule has 3 nitrogen and oxygen atoms in total. The normalized spacial score (nSPS) is 16.3. The Hall–Kier alpha value is -1.25. The largest absolute Gasteiger partial charge is 0.490 e. The van der Waals surface area contributed by atoms with Crippen molar-refractivity contribution >= 4 is 5.82 Å². The van der Waals surface area contributed by atoms with E-state index < -0.39 is 0 Å². The molecule has 0 amide bonds. The minimum atomic E-state index is 0.792. The Morgan fingerprint density at radius 1 is 1.50 bits per heavy atom. The summed E-state index contributed by atoms with van der Waals surface area (Å²) in [6.07, 6.45) is 5.01. The number of nitrogens with one attached hydrogen (secondary N) is 1. The zero-order chi connectivity index (χ0) is 8.23. The van der Waals surface area contributed by atoms with Gasteiger partial charge >= 0.3 is 0 Å². The molecular weight excluding hydrogens is 152 g/mol. The second-order valence-electron chi connectivity index (χ2n) is 2.77. The molecule has 0 saturated heterocycles. The molecule has 1 aromatic heterocycles. The fourth-order valence-electron chi connectivity index (χ4n) is 1.21. The van der Waals surface area contributed by atoms with E-state index in [1.165, 1.54) is 0 Å². The molecule has 3 heteroatoms. The van der Waals surface area contributed by atoms with Crippen molar-refractivity contribution in [3.8, 4) is 5.75 Å². The lowest BCUT2D eigenvalue weighted by Crippen LogP contribution is -2.11. The van der Waals surface area contributed by atoms with Crippen LogP contribution in [0, 0.1) is 6.20 Å². The Kier molecular flexibility index (Phi) is 2.12. The number of nitrogens with zero attached hydrogens (tertiary/aromatic N) is 1. The summed E-state index contributed by atoms with van der Waals surface area (Å²) in [5, 5.41) is 3.20. The molecule has 2 rings (SSSR count). The second-order valence-corrected chi connectivity index (χ2v) is 2.77. The quantitative estimate of drug-likeness (QED) is 0.628. The standard InChI is InChI=1S/C9H11N2O/c1-2-7-12-8-4-3-6-11-9(8)10-5-1/h3-4H,1-2,5,7H2,(H,10,11). The van der Waals surface area contributed by atoms with E-state index in [1.54, 1.807) is 6.07 Å². The number of pyridine rings is 1. The molecule has 2 heterocycles. The van der Waals surface area contributed by atoms with E-state index in [1.807, 2.05) is 6.07 Å². The van der Waals surface area contributed by atoms with E-state index in [0.717, 1.165) is 37.6 Å². The van der Waals surface area contributed by atoms with Gasteiger partial charge in [-0.3, -0.25) is 0 Å². The van der Waals surface area contributed by atoms with E-state index in [9.17, 15) is 0 Å². The van der Waals surface area contributed by atoms with Gasteiger partial charge in [-0.2, -0.15) is 0 Å². The lowest BCUT2D eigenvalue weighted by Gasteiger charge is -2.14. The van der Waals surface area contributed by atoms with Crippen molar-refractivity contribution in [2.75, 3.05) is 18.5 Å². The zero-order valence-corrected chi connectivity index (χ0v) is 6.84. The Morgan fingerprint density at radius 2 is 2.50 bits per heavy atom. The SMILES string of the molecule is [c]1ccc2c(n1)NCCCCO2. The molecule has 63 valence electrons. The van der Waals surface area contributed by atoms with E-state index in [2.05, 4.69) is 16.5 Å². The summed E-state index contributed by atoms with van der Waals surface area (Å²) in [5.74, 6) is 1.66. The van der Waals surface area contributed by atoms with Gasteiger partial charge in [-0.05, 0) is 25.0 Å². The summed E-state index contributed by atoms with van der Waals surface area (Å²) >= 11 is 0. The molecular formula is C9H11N2O. The second kappa shape index (κ2) is 3.43. The van der Waals surface area contributed by atoms with Crippen LogP contribution in [0.25, 0.3) is 0 Å². The van der Waals surface area contributed by atoms with Crippen LogP contribution in [-0.4, -0.2) is 18.1 Å². The molecule has 0 fully saturated rings. The number of hydrogen-bond acceptors (Lipinski definition) is 3. The summed E-state index contributed by atoms with van der Waals surface area (Å²) in [6.45, 7) is 1.77. The van der Waals surface area contributed by atoms with Crippen LogP contribution < -0.4 is 10.1 Å². The van der Waals surface area contributed by atoms with Crippen molar-refractivity contribution in [2.24, 2.45) is 0 Å². The van der Waals surface area contributed by atoms with Crippen LogP contribution in [0.4, 0.5) is 5.82 Å². The summed E-state index contributed by atoms with van der Waals surface area (Å²) in [5.41, 5.74) is 0. The Morgan fingerprint density at radius 3 is 3.50 bits per heavy atom. The van der Waals surface area contributed by atoms with Crippen LogP contribution in [0.5, 0.6) is 5.75 Å². The maximum atomic E-state index is 5.48. The molecule has 1 aliphatic heterocycles. The molecule has 1 N–H and O–H groups in total. The average Bonchev–Trinajstić information content (AvgIpc) is 2.06. The summed E-state index contributed by atoms with van der Waals surface area (Å²) < 4.78 is 5.48. The van der Waals surface area contributed by atoms with Gasteiger partial charge in [0.2, 0.25) is 0 Å². The lowest BCUT2D eigenvalue weighted by molar-refractivity contribution is 0.304.